The molecule has 0 bridgehead atoms. The SMILES string of the molecule is c1ccc2c(c1)CCC2n1c2cnccc2c2cnc(Nc3ccc(N4CCNCC4)cn3)nc21. The first kappa shape index (κ1) is 20.3. The van der Waals surface area contributed by atoms with Gasteiger partial charge in [-0.25, -0.2) is 9.97 Å². The number of piperazine rings is 1. The van der Waals surface area contributed by atoms with Gasteiger partial charge in [-0.1, -0.05) is 24.3 Å². The molecule has 1 aromatic carbocycles. The monoisotopic (exact) mass is 462 g/mol. The lowest BCUT2D eigenvalue weighted by Crippen LogP contribution is -2.43. The number of aryl methyl sites for hydroxylation is 1. The summed E-state index contributed by atoms with van der Waals surface area (Å²) in [6.45, 7) is 4.00. The number of rotatable bonds is 4. The van der Waals surface area contributed by atoms with Gasteiger partial charge in [0, 0.05) is 49.3 Å². The molecule has 0 radical (unpaired) electrons. The summed E-state index contributed by atoms with van der Waals surface area (Å²) in [5.74, 6) is 1.28. The number of benzene rings is 1. The maximum Gasteiger partial charge on any atom is 0.230 e. The number of nitrogens with one attached hydrogen (secondary N) is 2. The summed E-state index contributed by atoms with van der Waals surface area (Å²) in [4.78, 5) is 21.0. The minimum absolute atomic E-state index is 0.231. The van der Waals surface area contributed by atoms with Crippen molar-refractivity contribution in [3.05, 3.63) is 78.4 Å². The highest BCUT2D eigenvalue weighted by atomic mass is 15.2. The maximum absolute atomic E-state index is 4.99. The molecule has 1 unspecified atom stereocenters. The Morgan fingerprint density at radius 2 is 1.83 bits per heavy atom. The second-order valence-electron chi connectivity index (χ2n) is 9.21. The van der Waals surface area contributed by atoms with Crippen molar-refractivity contribution in [3.63, 3.8) is 0 Å². The van der Waals surface area contributed by atoms with Gasteiger partial charge in [0.25, 0.3) is 0 Å². The predicted octanol–water partition coefficient (Wildman–Crippen LogP) is 4.06. The van der Waals surface area contributed by atoms with Crippen LogP contribution in [-0.4, -0.2) is 50.7 Å². The zero-order valence-electron chi connectivity index (χ0n) is 19.4. The van der Waals surface area contributed by atoms with Crippen molar-refractivity contribution < 1.29 is 0 Å². The molecule has 2 aliphatic rings. The lowest BCUT2D eigenvalue weighted by molar-refractivity contribution is 0.589. The molecule has 8 nitrogen and oxygen atoms in total. The largest absolute Gasteiger partial charge is 0.368 e. The molecule has 174 valence electrons. The molecule has 1 atom stereocenters. The summed E-state index contributed by atoms with van der Waals surface area (Å²) >= 11 is 0. The molecule has 1 saturated heterocycles. The van der Waals surface area contributed by atoms with Crippen LogP contribution >= 0.6 is 0 Å². The third-order valence-electron chi connectivity index (χ3n) is 7.23. The number of nitrogens with zero attached hydrogens (tertiary/aromatic N) is 6. The van der Waals surface area contributed by atoms with Crippen LogP contribution in [0.25, 0.3) is 21.9 Å². The molecule has 4 aromatic heterocycles. The molecular formula is C27H26N8. The number of hydrogen-bond donors (Lipinski definition) is 2. The standard InChI is InChI=1S/C27H26N8/c1-2-4-20-18(3-1)5-7-23(20)35-24-17-29-10-9-21(24)22-16-31-27(33-26(22)35)32-25-8-6-19(15-30-25)34-13-11-28-12-14-34/h1-4,6,8-10,15-17,23,28H,5,7,11-14H2,(H,30,31,32,33). The van der Waals surface area contributed by atoms with E-state index in [1.807, 2.05) is 30.9 Å². The van der Waals surface area contributed by atoms with E-state index < -0.39 is 0 Å². The molecular weight excluding hydrogens is 436 g/mol. The van der Waals surface area contributed by atoms with E-state index >= 15 is 0 Å². The van der Waals surface area contributed by atoms with Crippen LogP contribution in [0.5, 0.6) is 0 Å². The fourth-order valence-electron chi connectivity index (χ4n) is 5.53. The summed E-state index contributed by atoms with van der Waals surface area (Å²) in [7, 11) is 0. The van der Waals surface area contributed by atoms with E-state index in [1.165, 1.54) is 11.1 Å². The fourth-order valence-corrected chi connectivity index (χ4v) is 5.53. The Morgan fingerprint density at radius 1 is 0.914 bits per heavy atom. The van der Waals surface area contributed by atoms with E-state index in [1.54, 1.807) is 0 Å². The highest BCUT2D eigenvalue weighted by Gasteiger charge is 2.27. The predicted molar refractivity (Wildman–Crippen MR) is 138 cm³/mol. The van der Waals surface area contributed by atoms with Crippen LogP contribution in [0.15, 0.2) is 67.3 Å². The topological polar surface area (TPSA) is 83.8 Å². The van der Waals surface area contributed by atoms with Gasteiger partial charge in [0.15, 0.2) is 0 Å². The maximum atomic E-state index is 4.99. The molecule has 0 amide bonds. The summed E-state index contributed by atoms with van der Waals surface area (Å²) in [6, 6.07) is 15.1. The summed E-state index contributed by atoms with van der Waals surface area (Å²) < 4.78 is 2.34. The lowest BCUT2D eigenvalue weighted by Gasteiger charge is -2.29. The Kier molecular flexibility index (Phi) is 4.84. The van der Waals surface area contributed by atoms with E-state index in [0.717, 1.165) is 72.5 Å². The van der Waals surface area contributed by atoms with Crippen molar-refractivity contribution >= 4 is 39.4 Å². The minimum atomic E-state index is 0.231. The van der Waals surface area contributed by atoms with Crippen molar-refractivity contribution in [1.82, 2.24) is 29.8 Å². The number of hydrogen-bond acceptors (Lipinski definition) is 7. The van der Waals surface area contributed by atoms with Crippen molar-refractivity contribution in [3.8, 4) is 0 Å². The molecule has 35 heavy (non-hydrogen) atoms. The lowest BCUT2D eigenvalue weighted by atomic mass is 10.1. The van der Waals surface area contributed by atoms with Gasteiger partial charge in [-0.15, -0.1) is 0 Å². The van der Waals surface area contributed by atoms with Gasteiger partial charge in [0.1, 0.15) is 11.5 Å². The van der Waals surface area contributed by atoms with Crippen LogP contribution in [0, 0.1) is 0 Å². The second kappa shape index (κ2) is 8.32. The molecule has 0 saturated carbocycles. The fraction of sp³-hybridized carbons (Fsp3) is 0.259. The van der Waals surface area contributed by atoms with Crippen LogP contribution < -0.4 is 15.5 Å². The highest BCUT2D eigenvalue weighted by molar-refractivity contribution is 6.06. The van der Waals surface area contributed by atoms with Gasteiger partial charge in [-0.2, -0.15) is 4.98 Å². The van der Waals surface area contributed by atoms with E-state index in [2.05, 4.69) is 71.5 Å². The number of anilines is 3. The van der Waals surface area contributed by atoms with Crippen LogP contribution in [0.4, 0.5) is 17.5 Å². The summed E-state index contributed by atoms with van der Waals surface area (Å²) in [5.41, 5.74) is 5.94. The first-order chi connectivity index (χ1) is 17.3. The van der Waals surface area contributed by atoms with Gasteiger partial charge in [0.2, 0.25) is 5.95 Å². The molecule has 7 rings (SSSR count). The van der Waals surface area contributed by atoms with Crippen molar-refractivity contribution in [2.24, 2.45) is 0 Å². The zero-order valence-corrected chi connectivity index (χ0v) is 19.4. The van der Waals surface area contributed by atoms with Crippen LogP contribution in [0.3, 0.4) is 0 Å². The summed E-state index contributed by atoms with van der Waals surface area (Å²) in [6.07, 6.45) is 9.74. The number of pyridine rings is 2. The average Bonchev–Trinajstić information content (AvgIpc) is 3.48. The smallest absolute Gasteiger partial charge is 0.230 e. The molecule has 2 N–H and O–H groups in total. The Balaban J connectivity index is 1.27. The van der Waals surface area contributed by atoms with E-state index in [0.29, 0.717) is 5.95 Å². The second-order valence-corrected chi connectivity index (χ2v) is 9.21. The molecule has 1 fully saturated rings. The Labute approximate surface area is 203 Å². The minimum Gasteiger partial charge on any atom is -0.368 e. The van der Waals surface area contributed by atoms with Crippen LogP contribution in [0.2, 0.25) is 0 Å². The first-order valence-electron chi connectivity index (χ1n) is 12.2. The molecule has 1 aliphatic carbocycles. The third kappa shape index (κ3) is 3.49. The van der Waals surface area contributed by atoms with Crippen molar-refractivity contribution in [2.75, 3.05) is 36.4 Å². The first-order valence-corrected chi connectivity index (χ1v) is 12.2. The van der Waals surface area contributed by atoms with Gasteiger partial charge >= 0.3 is 0 Å². The van der Waals surface area contributed by atoms with Crippen LogP contribution in [0.1, 0.15) is 23.6 Å². The molecule has 0 spiro atoms. The van der Waals surface area contributed by atoms with Gasteiger partial charge in [-0.05, 0) is 42.2 Å². The summed E-state index contributed by atoms with van der Waals surface area (Å²) in [5, 5.41) is 8.87. The normalized spacial score (nSPS) is 17.7. The van der Waals surface area contributed by atoms with Crippen LogP contribution in [-0.2, 0) is 6.42 Å². The van der Waals surface area contributed by atoms with Gasteiger partial charge < -0.3 is 20.1 Å². The van der Waals surface area contributed by atoms with Crippen molar-refractivity contribution in [1.29, 1.82) is 0 Å². The van der Waals surface area contributed by atoms with Gasteiger partial charge in [-0.3, -0.25) is 4.98 Å². The van der Waals surface area contributed by atoms with E-state index in [4.69, 9.17) is 4.98 Å². The average molecular weight is 463 g/mol. The number of aromatic nitrogens is 5. The zero-order chi connectivity index (χ0) is 23.2. The van der Waals surface area contributed by atoms with Gasteiger partial charge in [0.05, 0.1) is 29.6 Å². The Morgan fingerprint density at radius 3 is 2.71 bits per heavy atom. The van der Waals surface area contributed by atoms with E-state index in [9.17, 15) is 0 Å². The van der Waals surface area contributed by atoms with Crippen molar-refractivity contribution in [2.45, 2.75) is 18.9 Å². The third-order valence-corrected chi connectivity index (χ3v) is 7.23. The Hall–Kier alpha value is -4.04. The Bertz CT molecular complexity index is 1520. The van der Waals surface area contributed by atoms with E-state index in [-0.39, 0.29) is 6.04 Å². The number of fused-ring (bicyclic) bond motifs is 4. The molecule has 8 heteroatoms. The highest BCUT2D eigenvalue weighted by Crippen LogP contribution is 2.40. The molecule has 5 heterocycles. The quantitative estimate of drug-likeness (QED) is 0.417. The molecule has 1 aliphatic heterocycles. The molecule has 5 aromatic rings.